The Morgan fingerprint density at radius 1 is 1.18 bits per heavy atom. The summed E-state index contributed by atoms with van der Waals surface area (Å²) in [5.41, 5.74) is 3.54. The summed E-state index contributed by atoms with van der Waals surface area (Å²) in [7, 11) is 0. The van der Waals surface area contributed by atoms with Gasteiger partial charge < -0.3 is 4.42 Å². The number of benzene rings is 2. The number of aryl methyl sites for hydroxylation is 2. The van der Waals surface area contributed by atoms with Crippen LogP contribution >= 0.6 is 23.1 Å². The van der Waals surface area contributed by atoms with Crippen molar-refractivity contribution in [3.05, 3.63) is 70.7 Å². The number of carbonyl (C=O) groups is 1. The minimum Gasteiger partial charge on any atom is -0.451 e. The van der Waals surface area contributed by atoms with Crippen LogP contribution in [0.4, 0.5) is 9.52 Å². The third kappa shape index (κ3) is 3.93. The van der Waals surface area contributed by atoms with E-state index in [1.165, 1.54) is 35.2 Å². The predicted molar refractivity (Wildman–Crippen MR) is 110 cm³/mol. The van der Waals surface area contributed by atoms with Crippen LogP contribution in [0.5, 0.6) is 0 Å². The molecule has 2 aromatic heterocycles. The molecule has 2 heterocycles. The highest BCUT2D eigenvalue weighted by Crippen LogP contribution is 2.30. The van der Waals surface area contributed by atoms with E-state index in [-0.39, 0.29) is 17.5 Å². The fraction of sp³-hybridized carbons (Fsp3) is 0.150. The molecule has 0 aliphatic rings. The van der Waals surface area contributed by atoms with Gasteiger partial charge in [0, 0.05) is 16.7 Å². The zero-order chi connectivity index (χ0) is 19.7. The summed E-state index contributed by atoms with van der Waals surface area (Å²) in [5.74, 6) is 0.310. The molecule has 0 aliphatic heterocycles. The summed E-state index contributed by atoms with van der Waals surface area (Å²) >= 11 is 2.77. The Kier molecular flexibility index (Phi) is 5.15. The van der Waals surface area contributed by atoms with Crippen LogP contribution in [0.3, 0.4) is 0 Å². The number of amides is 1. The molecule has 0 radical (unpaired) electrons. The average Bonchev–Trinajstić information content (AvgIpc) is 3.25. The fourth-order valence-electron chi connectivity index (χ4n) is 2.75. The third-order valence-electron chi connectivity index (χ3n) is 4.20. The SMILES string of the molecule is Cc1ccc2c(C)c(C(=O)Nc3nnc(SCc4ccc(F)cc4)s3)oc2c1. The predicted octanol–water partition coefficient (Wildman–Crippen LogP) is 5.58. The molecule has 4 rings (SSSR count). The lowest BCUT2D eigenvalue weighted by Crippen LogP contribution is -2.11. The molecular weight excluding hydrogens is 397 g/mol. The van der Waals surface area contributed by atoms with Crippen molar-refractivity contribution in [2.24, 2.45) is 0 Å². The van der Waals surface area contributed by atoms with Crippen LogP contribution in [0, 0.1) is 19.7 Å². The van der Waals surface area contributed by atoms with Gasteiger partial charge in [0.2, 0.25) is 5.13 Å². The van der Waals surface area contributed by atoms with Gasteiger partial charge in [-0.2, -0.15) is 0 Å². The van der Waals surface area contributed by atoms with Gasteiger partial charge in [0.1, 0.15) is 11.4 Å². The van der Waals surface area contributed by atoms with E-state index in [0.29, 0.717) is 16.5 Å². The van der Waals surface area contributed by atoms with Crippen LogP contribution in [-0.2, 0) is 5.75 Å². The van der Waals surface area contributed by atoms with Crippen molar-refractivity contribution >= 4 is 45.1 Å². The minimum atomic E-state index is -0.349. The molecule has 142 valence electrons. The molecule has 8 heteroatoms. The van der Waals surface area contributed by atoms with Crippen molar-refractivity contribution in [1.82, 2.24) is 10.2 Å². The van der Waals surface area contributed by atoms with Crippen molar-refractivity contribution < 1.29 is 13.6 Å². The first kappa shape index (κ1) is 18.6. The smallest absolute Gasteiger partial charge is 0.293 e. The van der Waals surface area contributed by atoms with E-state index >= 15 is 0 Å². The number of furan rings is 1. The number of anilines is 1. The van der Waals surface area contributed by atoms with Gasteiger partial charge in [-0.15, -0.1) is 10.2 Å². The van der Waals surface area contributed by atoms with Crippen molar-refractivity contribution in [3.8, 4) is 0 Å². The van der Waals surface area contributed by atoms with Crippen LogP contribution < -0.4 is 5.32 Å². The maximum atomic E-state index is 13.0. The van der Waals surface area contributed by atoms with E-state index in [9.17, 15) is 9.18 Å². The Hall–Kier alpha value is -2.71. The molecule has 0 aliphatic carbocycles. The van der Waals surface area contributed by atoms with Gasteiger partial charge >= 0.3 is 0 Å². The molecule has 1 amide bonds. The van der Waals surface area contributed by atoms with Gasteiger partial charge in [0.15, 0.2) is 10.1 Å². The van der Waals surface area contributed by atoms with E-state index < -0.39 is 0 Å². The second-order valence-corrected chi connectivity index (χ2v) is 8.50. The van der Waals surface area contributed by atoms with Gasteiger partial charge in [-0.05, 0) is 43.2 Å². The summed E-state index contributed by atoms with van der Waals surface area (Å²) in [6.07, 6.45) is 0. The monoisotopic (exact) mass is 413 g/mol. The van der Waals surface area contributed by atoms with Crippen LogP contribution in [-0.4, -0.2) is 16.1 Å². The van der Waals surface area contributed by atoms with Gasteiger partial charge in [-0.3, -0.25) is 10.1 Å². The molecule has 4 aromatic rings. The van der Waals surface area contributed by atoms with Crippen molar-refractivity contribution in [1.29, 1.82) is 0 Å². The Morgan fingerprint density at radius 2 is 1.96 bits per heavy atom. The lowest BCUT2D eigenvalue weighted by atomic mass is 10.1. The second kappa shape index (κ2) is 7.73. The lowest BCUT2D eigenvalue weighted by molar-refractivity contribution is 0.0998. The maximum Gasteiger partial charge on any atom is 0.293 e. The number of nitrogens with zero attached hydrogens (tertiary/aromatic N) is 2. The Labute approximate surface area is 169 Å². The summed E-state index contributed by atoms with van der Waals surface area (Å²) in [6, 6.07) is 12.2. The summed E-state index contributed by atoms with van der Waals surface area (Å²) in [5, 5.41) is 12.2. The molecule has 0 spiro atoms. The molecule has 0 saturated carbocycles. The first-order valence-electron chi connectivity index (χ1n) is 8.51. The average molecular weight is 413 g/mol. The van der Waals surface area contributed by atoms with Crippen molar-refractivity contribution in [2.75, 3.05) is 5.32 Å². The van der Waals surface area contributed by atoms with E-state index in [1.54, 1.807) is 12.1 Å². The fourth-order valence-corrected chi connectivity index (χ4v) is 4.45. The van der Waals surface area contributed by atoms with Crippen LogP contribution in [0.25, 0.3) is 11.0 Å². The molecule has 0 fully saturated rings. The highest BCUT2D eigenvalue weighted by Gasteiger charge is 2.19. The molecule has 0 bridgehead atoms. The van der Waals surface area contributed by atoms with Crippen molar-refractivity contribution in [2.45, 2.75) is 23.9 Å². The number of halogens is 1. The lowest BCUT2D eigenvalue weighted by Gasteiger charge is -1.99. The Bertz CT molecular complexity index is 1150. The number of thioether (sulfide) groups is 1. The first-order chi connectivity index (χ1) is 13.5. The summed E-state index contributed by atoms with van der Waals surface area (Å²) in [4.78, 5) is 12.6. The van der Waals surface area contributed by atoms with E-state index in [4.69, 9.17) is 4.42 Å². The third-order valence-corrected chi connectivity index (χ3v) is 6.25. The standard InChI is InChI=1S/C20H16FN3O2S2/c1-11-3-8-15-12(2)17(26-16(15)9-11)18(25)22-19-23-24-20(28-19)27-10-13-4-6-14(21)7-5-13/h3-9H,10H2,1-2H3,(H,22,23,25). The molecule has 0 saturated heterocycles. The molecule has 2 aromatic carbocycles. The van der Waals surface area contributed by atoms with Gasteiger partial charge in [-0.1, -0.05) is 47.4 Å². The van der Waals surface area contributed by atoms with Crippen LogP contribution in [0.2, 0.25) is 0 Å². The van der Waals surface area contributed by atoms with E-state index in [2.05, 4.69) is 15.5 Å². The van der Waals surface area contributed by atoms with Gasteiger partial charge in [-0.25, -0.2) is 4.39 Å². The Morgan fingerprint density at radius 3 is 2.75 bits per heavy atom. The maximum absolute atomic E-state index is 13.0. The molecule has 1 N–H and O–H groups in total. The van der Waals surface area contributed by atoms with Crippen molar-refractivity contribution in [3.63, 3.8) is 0 Å². The minimum absolute atomic E-state index is 0.259. The largest absolute Gasteiger partial charge is 0.451 e. The number of hydrogen-bond acceptors (Lipinski definition) is 6. The van der Waals surface area contributed by atoms with Crippen LogP contribution in [0.15, 0.2) is 51.2 Å². The Balaban J connectivity index is 1.44. The second-order valence-electron chi connectivity index (χ2n) is 6.30. The quantitative estimate of drug-likeness (QED) is 0.341. The van der Waals surface area contributed by atoms with E-state index in [1.807, 2.05) is 32.0 Å². The number of carbonyl (C=O) groups excluding carboxylic acids is 1. The summed E-state index contributed by atoms with van der Waals surface area (Å²) in [6.45, 7) is 3.84. The highest BCUT2D eigenvalue weighted by molar-refractivity contribution is 8.00. The van der Waals surface area contributed by atoms with Crippen LogP contribution in [0.1, 0.15) is 27.2 Å². The number of rotatable bonds is 5. The first-order valence-corrected chi connectivity index (χ1v) is 10.3. The zero-order valence-electron chi connectivity index (χ0n) is 15.2. The molecule has 5 nitrogen and oxygen atoms in total. The topological polar surface area (TPSA) is 68.0 Å². The van der Waals surface area contributed by atoms with Gasteiger partial charge in [0.25, 0.3) is 5.91 Å². The van der Waals surface area contributed by atoms with Gasteiger partial charge in [0.05, 0.1) is 0 Å². The highest BCUT2D eigenvalue weighted by atomic mass is 32.2. The summed E-state index contributed by atoms with van der Waals surface area (Å²) < 4.78 is 19.4. The number of fused-ring (bicyclic) bond motifs is 1. The molecule has 28 heavy (non-hydrogen) atoms. The number of aromatic nitrogens is 2. The molecule has 0 unspecified atom stereocenters. The number of hydrogen-bond donors (Lipinski definition) is 1. The molecular formula is C20H16FN3O2S2. The molecule has 0 atom stereocenters. The normalized spacial score (nSPS) is 11.1. The zero-order valence-corrected chi connectivity index (χ0v) is 16.8. The van der Waals surface area contributed by atoms with E-state index in [0.717, 1.165) is 26.4 Å². The number of nitrogens with one attached hydrogen (secondary N) is 1.